The van der Waals surface area contributed by atoms with E-state index in [-0.39, 0.29) is 6.10 Å². The summed E-state index contributed by atoms with van der Waals surface area (Å²) >= 11 is 0. The lowest BCUT2D eigenvalue weighted by Gasteiger charge is -2.58. The average Bonchev–Trinajstić information content (AvgIpc) is 3.15. The molecule has 5 heteroatoms. The standard InChI is InChI=1S/C27H46O.C4H4O4/c1-18(2)7-6-8-19(3)23-11-12-24-22-10-9-20-17-21(28)13-15-26(20,4)25(22)14-16-27(23,24)5;5-3(6)1-2-4(7)8/h9,18-19,21-25,28H,6-8,10-17H2,1-5H3;1-2H,(H,5,6)(H,7,8)/t19-,21+,22+,23-,24+,25+,26+,27-;/m1./s1. The van der Waals surface area contributed by atoms with Crippen LogP contribution in [0.5, 0.6) is 0 Å². The second-order valence-corrected chi connectivity index (χ2v) is 13.2. The number of allylic oxidation sites excluding steroid dienone is 1. The lowest BCUT2D eigenvalue weighted by Crippen LogP contribution is -2.50. The average molecular weight is 503 g/mol. The van der Waals surface area contributed by atoms with E-state index in [2.05, 4.69) is 40.7 Å². The van der Waals surface area contributed by atoms with Crippen LogP contribution < -0.4 is 0 Å². The molecule has 3 saturated carbocycles. The fourth-order valence-corrected chi connectivity index (χ4v) is 8.81. The van der Waals surface area contributed by atoms with Crippen LogP contribution >= 0.6 is 0 Å². The Morgan fingerprint density at radius 1 is 0.972 bits per heavy atom. The fraction of sp³-hybridized carbons (Fsp3) is 0.806. The van der Waals surface area contributed by atoms with Crippen molar-refractivity contribution in [2.45, 2.75) is 111 Å². The van der Waals surface area contributed by atoms with E-state index in [0.717, 1.165) is 48.3 Å². The monoisotopic (exact) mass is 502 g/mol. The van der Waals surface area contributed by atoms with Crippen molar-refractivity contribution >= 4 is 11.9 Å². The van der Waals surface area contributed by atoms with E-state index in [1.165, 1.54) is 57.8 Å². The minimum absolute atomic E-state index is 0.0766. The molecule has 0 bridgehead atoms. The second kappa shape index (κ2) is 11.8. The van der Waals surface area contributed by atoms with Gasteiger partial charge in [-0.2, -0.15) is 0 Å². The van der Waals surface area contributed by atoms with Gasteiger partial charge in [0.05, 0.1) is 6.10 Å². The SMILES string of the molecule is CC(C)CCC[C@@H](C)[C@H]1CC[C@H]2[C@@H]3CC=C4C[C@@H](O)CC[C@]4(C)[C@H]3CC[C@]12C.O=C(O)C=CC(=O)O. The van der Waals surface area contributed by atoms with Crippen LogP contribution in [-0.2, 0) is 9.59 Å². The van der Waals surface area contributed by atoms with Gasteiger partial charge in [-0.3, -0.25) is 0 Å². The molecular formula is C31H50O5. The number of carboxylic acids is 2. The number of hydrogen-bond acceptors (Lipinski definition) is 3. The third-order valence-electron chi connectivity index (χ3n) is 10.6. The van der Waals surface area contributed by atoms with Gasteiger partial charge in [0.25, 0.3) is 0 Å². The molecule has 4 rings (SSSR count). The van der Waals surface area contributed by atoms with Crippen LogP contribution in [0.2, 0.25) is 0 Å². The number of rotatable bonds is 7. The zero-order chi connectivity index (χ0) is 26.7. The van der Waals surface area contributed by atoms with Gasteiger partial charge in [0.1, 0.15) is 0 Å². The van der Waals surface area contributed by atoms with Crippen molar-refractivity contribution < 1.29 is 24.9 Å². The molecule has 204 valence electrons. The zero-order valence-electron chi connectivity index (χ0n) is 23.2. The first-order chi connectivity index (χ1) is 16.9. The molecule has 8 atom stereocenters. The molecule has 0 aliphatic heterocycles. The van der Waals surface area contributed by atoms with Crippen molar-refractivity contribution in [2.24, 2.45) is 46.3 Å². The summed E-state index contributed by atoms with van der Waals surface area (Å²) in [4.78, 5) is 19.1. The Morgan fingerprint density at radius 2 is 1.64 bits per heavy atom. The van der Waals surface area contributed by atoms with Crippen LogP contribution in [0.4, 0.5) is 0 Å². The van der Waals surface area contributed by atoms with Gasteiger partial charge in [-0.15, -0.1) is 0 Å². The van der Waals surface area contributed by atoms with Crippen molar-refractivity contribution in [3.8, 4) is 0 Å². The van der Waals surface area contributed by atoms with Gasteiger partial charge in [-0.05, 0) is 97.7 Å². The van der Waals surface area contributed by atoms with E-state index < -0.39 is 11.9 Å². The largest absolute Gasteiger partial charge is 0.478 e. The van der Waals surface area contributed by atoms with Gasteiger partial charge < -0.3 is 15.3 Å². The summed E-state index contributed by atoms with van der Waals surface area (Å²) in [6.45, 7) is 12.6. The third kappa shape index (κ3) is 6.26. The fourth-order valence-electron chi connectivity index (χ4n) is 8.81. The Bertz CT molecular complexity index is 828. The molecule has 0 heterocycles. The van der Waals surface area contributed by atoms with Crippen molar-refractivity contribution in [1.82, 2.24) is 0 Å². The zero-order valence-corrected chi connectivity index (χ0v) is 23.2. The van der Waals surface area contributed by atoms with Gasteiger partial charge in [-0.25, -0.2) is 9.59 Å². The van der Waals surface area contributed by atoms with E-state index >= 15 is 0 Å². The molecule has 0 amide bonds. The lowest BCUT2D eigenvalue weighted by molar-refractivity contribution is -0.134. The Hall–Kier alpha value is -1.62. The summed E-state index contributed by atoms with van der Waals surface area (Å²) in [5.74, 6) is 2.94. The smallest absolute Gasteiger partial charge is 0.328 e. The highest BCUT2D eigenvalue weighted by atomic mass is 16.4. The van der Waals surface area contributed by atoms with E-state index in [4.69, 9.17) is 10.2 Å². The quantitative estimate of drug-likeness (QED) is 0.255. The highest BCUT2D eigenvalue weighted by Crippen LogP contribution is 2.67. The predicted molar refractivity (Wildman–Crippen MR) is 143 cm³/mol. The molecule has 0 unspecified atom stereocenters. The maximum Gasteiger partial charge on any atom is 0.328 e. The summed E-state index contributed by atoms with van der Waals surface area (Å²) in [6, 6.07) is 0. The number of carbonyl (C=O) groups is 2. The number of fused-ring (bicyclic) bond motifs is 5. The second-order valence-electron chi connectivity index (χ2n) is 13.2. The van der Waals surface area contributed by atoms with Gasteiger partial charge in [0.15, 0.2) is 0 Å². The number of aliphatic carboxylic acids is 2. The highest BCUT2D eigenvalue weighted by molar-refractivity contribution is 5.89. The molecule has 5 nitrogen and oxygen atoms in total. The van der Waals surface area contributed by atoms with E-state index in [1.807, 2.05) is 0 Å². The first-order valence-electron chi connectivity index (χ1n) is 14.4. The molecule has 4 aliphatic rings. The summed E-state index contributed by atoms with van der Waals surface area (Å²) in [7, 11) is 0. The molecule has 0 spiro atoms. The Labute approximate surface area is 218 Å². The Balaban J connectivity index is 0.000000392. The van der Waals surface area contributed by atoms with E-state index in [0.29, 0.717) is 23.0 Å². The summed E-state index contributed by atoms with van der Waals surface area (Å²) in [5, 5.41) is 25.8. The molecule has 0 aromatic heterocycles. The van der Waals surface area contributed by atoms with Crippen LogP contribution in [-0.4, -0.2) is 33.4 Å². The number of aliphatic hydroxyl groups excluding tert-OH is 1. The van der Waals surface area contributed by atoms with Crippen molar-refractivity contribution in [3.63, 3.8) is 0 Å². The van der Waals surface area contributed by atoms with Gasteiger partial charge in [-0.1, -0.05) is 65.5 Å². The van der Waals surface area contributed by atoms with Gasteiger partial charge >= 0.3 is 11.9 Å². The lowest BCUT2D eigenvalue weighted by atomic mass is 9.47. The molecule has 4 aliphatic carbocycles. The van der Waals surface area contributed by atoms with Crippen LogP contribution in [0.25, 0.3) is 0 Å². The van der Waals surface area contributed by atoms with Crippen LogP contribution in [0.1, 0.15) is 105 Å². The molecule has 36 heavy (non-hydrogen) atoms. The first-order valence-corrected chi connectivity index (χ1v) is 14.4. The van der Waals surface area contributed by atoms with E-state index in [1.54, 1.807) is 5.57 Å². The van der Waals surface area contributed by atoms with Gasteiger partial charge in [0, 0.05) is 12.2 Å². The molecule has 0 radical (unpaired) electrons. The van der Waals surface area contributed by atoms with Crippen LogP contribution in [0.3, 0.4) is 0 Å². The van der Waals surface area contributed by atoms with Crippen molar-refractivity contribution in [3.05, 3.63) is 23.8 Å². The van der Waals surface area contributed by atoms with Crippen LogP contribution in [0, 0.1) is 46.3 Å². The van der Waals surface area contributed by atoms with Crippen molar-refractivity contribution in [1.29, 1.82) is 0 Å². The predicted octanol–water partition coefficient (Wildman–Crippen LogP) is 7.10. The maximum atomic E-state index is 10.2. The summed E-state index contributed by atoms with van der Waals surface area (Å²) < 4.78 is 0. The Kier molecular flexibility index (Phi) is 9.52. The molecule has 0 aromatic carbocycles. The Morgan fingerprint density at radius 3 is 2.25 bits per heavy atom. The molecule has 0 saturated heterocycles. The molecular weight excluding hydrogens is 452 g/mol. The van der Waals surface area contributed by atoms with E-state index in [9.17, 15) is 14.7 Å². The number of hydrogen-bond donors (Lipinski definition) is 3. The molecule has 3 fully saturated rings. The summed E-state index contributed by atoms with van der Waals surface area (Å²) in [6.07, 6.45) is 18.3. The molecule has 0 aromatic rings. The summed E-state index contributed by atoms with van der Waals surface area (Å²) in [5.41, 5.74) is 2.60. The number of carboxylic acid groups (broad SMARTS) is 2. The topological polar surface area (TPSA) is 94.8 Å². The maximum absolute atomic E-state index is 10.2. The van der Waals surface area contributed by atoms with Crippen molar-refractivity contribution in [2.75, 3.05) is 0 Å². The first kappa shape index (κ1) is 28.9. The van der Waals surface area contributed by atoms with Crippen LogP contribution in [0.15, 0.2) is 23.8 Å². The third-order valence-corrected chi connectivity index (χ3v) is 10.6. The van der Waals surface area contributed by atoms with Gasteiger partial charge in [0.2, 0.25) is 0 Å². The number of aliphatic hydroxyl groups is 1. The minimum Gasteiger partial charge on any atom is -0.478 e. The highest BCUT2D eigenvalue weighted by Gasteiger charge is 2.59. The normalized spacial score (nSPS) is 38.3. The minimum atomic E-state index is -1.26. The molecule has 3 N–H and O–H groups in total.